The first-order chi connectivity index (χ1) is 10.1. The number of nitrogen functional groups attached to an aromatic ring is 1. The van der Waals surface area contributed by atoms with E-state index in [0.29, 0.717) is 21.4 Å². The van der Waals surface area contributed by atoms with Crippen molar-refractivity contribution in [1.82, 2.24) is 4.98 Å². The molecule has 3 N–H and O–H groups in total. The van der Waals surface area contributed by atoms with Crippen molar-refractivity contribution >= 4 is 49.5 Å². The molecule has 0 unspecified atom stereocenters. The van der Waals surface area contributed by atoms with E-state index < -0.39 is 0 Å². The lowest BCUT2D eigenvalue weighted by Gasteiger charge is -2.03. The van der Waals surface area contributed by atoms with Gasteiger partial charge in [-0.1, -0.05) is 6.07 Å². The van der Waals surface area contributed by atoms with Crippen molar-refractivity contribution in [3.8, 4) is 5.75 Å². The number of thiazole rings is 1. The summed E-state index contributed by atoms with van der Waals surface area (Å²) in [6.45, 7) is 1.94. The van der Waals surface area contributed by atoms with Gasteiger partial charge in [0, 0.05) is 15.8 Å². The number of hydrogen-bond acceptors (Lipinski definition) is 6. The maximum absolute atomic E-state index is 12.4. The van der Waals surface area contributed by atoms with E-state index in [0.717, 1.165) is 15.0 Å². The van der Waals surface area contributed by atoms with Gasteiger partial charge in [-0.3, -0.25) is 10.1 Å². The van der Waals surface area contributed by atoms with Crippen LogP contribution >= 0.6 is 22.7 Å². The third-order valence-corrected chi connectivity index (χ3v) is 4.98. The van der Waals surface area contributed by atoms with E-state index in [1.807, 2.05) is 25.1 Å². The Morgan fingerprint density at radius 2 is 2.19 bits per heavy atom. The summed E-state index contributed by atoms with van der Waals surface area (Å²) in [4.78, 5) is 18.0. The van der Waals surface area contributed by atoms with Gasteiger partial charge in [0.25, 0.3) is 5.91 Å². The summed E-state index contributed by atoms with van der Waals surface area (Å²) in [7, 11) is 1.59. The van der Waals surface area contributed by atoms with E-state index in [1.54, 1.807) is 13.3 Å². The molecule has 0 radical (unpaired) electrons. The van der Waals surface area contributed by atoms with E-state index in [-0.39, 0.29) is 5.91 Å². The quantitative estimate of drug-likeness (QED) is 0.774. The van der Waals surface area contributed by atoms with Crippen LogP contribution in [0.4, 0.5) is 10.8 Å². The Hall–Kier alpha value is -2.12. The molecule has 2 aromatic heterocycles. The number of amides is 1. The molecule has 108 valence electrons. The molecule has 3 rings (SSSR count). The zero-order valence-electron chi connectivity index (χ0n) is 11.5. The number of anilines is 2. The van der Waals surface area contributed by atoms with Gasteiger partial charge >= 0.3 is 0 Å². The number of methoxy groups -OCH3 is 1. The standard InChI is InChI=1S/C14H13N3O2S2/c1-7-6-16-14(20-7)17-13(18)12-11(15)10-8(19-2)4-3-5-9(10)21-12/h3-6H,15H2,1-2H3,(H,16,17,18). The fraction of sp³-hybridized carbons (Fsp3) is 0.143. The number of aromatic nitrogens is 1. The zero-order valence-corrected chi connectivity index (χ0v) is 13.1. The van der Waals surface area contributed by atoms with Gasteiger partial charge in [0.2, 0.25) is 0 Å². The predicted molar refractivity (Wildman–Crippen MR) is 87.6 cm³/mol. The van der Waals surface area contributed by atoms with Crippen LogP contribution in [0.2, 0.25) is 0 Å². The van der Waals surface area contributed by atoms with Crippen molar-refractivity contribution in [3.05, 3.63) is 34.2 Å². The molecule has 0 aliphatic carbocycles. The monoisotopic (exact) mass is 319 g/mol. The van der Waals surface area contributed by atoms with E-state index >= 15 is 0 Å². The smallest absolute Gasteiger partial charge is 0.269 e. The number of thiophene rings is 1. The molecule has 0 fully saturated rings. The molecule has 2 heterocycles. The molecular weight excluding hydrogens is 306 g/mol. The summed E-state index contributed by atoms with van der Waals surface area (Å²) in [6, 6.07) is 5.63. The number of fused-ring (bicyclic) bond motifs is 1. The molecular formula is C14H13N3O2S2. The Morgan fingerprint density at radius 1 is 1.38 bits per heavy atom. The Kier molecular flexibility index (Phi) is 3.52. The minimum absolute atomic E-state index is 0.245. The SMILES string of the molecule is COc1cccc2sc(C(=O)Nc3ncc(C)s3)c(N)c12. The van der Waals surface area contributed by atoms with Crippen LogP contribution in [0.3, 0.4) is 0 Å². The predicted octanol–water partition coefficient (Wildman–Crippen LogP) is 3.51. The van der Waals surface area contributed by atoms with Crippen molar-refractivity contribution < 1.29 is 9.53 Å². The Morgan fingerprint density at radius 3 is 2.86 bits per heavy atom. The minimum Gasteiger partial charge on any atom is -0.496 e. The molecule has 3 aromatic rings. The zero-order chi connectivity index (χ0) is 15.0. The highest BCUT2D eigenvalue weighted by atomic mass is 32.1. The highest BCUT2D eigenvalue weighted by Gasteiger charge is 2.19. The van der Waals surface area contributed by atoms with Crippen molar-refractivity contribution in [2.45, 2.75) is 6.92 Å². The average molecular weight is 319 g/mol. The summed E-state index contributed by atoms with van der Waals surface area (Å²) in [5.74, 6) is 0.426. The highest BCUT2D eigenvalue weighted by Crippen LogP contribution is 2.39. The first-order valence-electron chi connectivity index (χ1n) is 6.19. The molecule has 21 heavy (non-hydrogen) atoms. The number of rotatable bonds is 3. The Balaban J connectivity index is 2.00. The molecule has 1 aromatic carbocycles. The third-order valence-electron chi connectivity index (χ3n) is 2.98. The van der Waals surface area contributed by atoms with Crippen LogP contribution < -0.4 is 15.8 Å². The molecule has 0 saturated carbocycles. The fourth-order valence-corrected chi connectivity index (χ4v) is 3.74. The number of nitrogens with one attached hydrogen (secondary N) is 1. The van der Waals surface area contributed by atoms with Gasteiger partial charge < -0.3 is 10.5 Å². The first-order valence-corrected chi connectivity index (χ1v) is 7.82. The molecule has 0 atom stereocenters. The third kappa shape index (κ3) is 2.45. The van der Waals surface area contributed by atoms with Crippen LogP contribution in [-0.2, 0) is 0 Å². The number of benzene rings is 1. The second-order valence-electron chi connectivity index (χ2n) is 4.41. The number of ether oxygens (including phenoxy) is 1. The van der Waals surface area contributed by atoms with Crippen LogP contribution in [0.5, 0.6) is 5.75 Å². The van der Waals surface area contributed by atoms with Gasteiger partial charge in [0.05, 0.1) is 18.2 Å². The molecule has 0 spiro atoms. The lowest BCUT2D eigenvalue weighted by Crippen LogP contribution is -2.11. The molecule has 0 aliphatic heterocycles. The van der Waals surface area contributed by atoms with Crippen molar-refractivity contribution in [3.63, 3.8) is 0 Å². The van der Waals surface area contributed by atoms with Crippen LogP contribution in [0.1, 0.15) is 14.5 Å². The second-order valence-corrected chi connectivity index (χ2v) is 6.70. The maximum Gasteiger partial charge on any atom is 0.269 e. The average Bonchev–Trinajstić information content (AvgIpc) is 3.03. The second kappa shape index (κ2) is 5.34. The highest BCUT2D eigenvalue weighted by molar-refractivity contribution is 7.22. The summed E-state index contributed by atoms with van der Waals surface area (Å²) >= 11 is 2.77. The summed E-state index contributed by atoms with van der Waals surface area (Å²) in [6.07, 6.45) is 1.72. The maximum atomic E-state index is 12.4. The molecule has 1 amide bonds. The van der Waals surface area contributed by atoms with Crippen LogP contribution in [0, 0.1) is 6.92 Å². The van der Waals surface area contributed by atoms with Crippen LogP contribution in [0.15, 0.2) is 24.4 Å². The van der Waals surface area contributed by atoms with E-state index in [9.17, 15) is 4.79 Å². The molecule has 0 saturated heterocycles. The number of carbonyl (C=O) groups is 1. The van der Waals surface area contributed by atoms with Crippen LogP contribution in [-0.4, -0.2) is 18.0 Å². The molecule has 5 nitrogen and oxygen atoms in total. The number of nitrogens with two attached hydrogens (primary N) is 1. The summed E-state index contributed by atoms with van der Waals surface area (Å²) in [5.41, 5.74) is 6.57. The number of carbonyl (C=O) groups excluding carboxylic acids is 1. The van der Waals surface area contributed by atoms with Crippen molar-refractivity contribution in [2.24, 2.45) is 0 Å². The van der Waals surface area contributed by atoms with E-state index in [2.05, 4.69) is 10.3 Å². The topological polar surface area (TPSA) is 77.2 Å². The first kappa shape index (κ1) is 13.8. The lowest BCUT2D eigenvalue weighted by molar-refractivity contribution is 0.103. The van der Waals surface area contributed by atoms with Gasteiger partial charge in [-0.2, -0.15) is 0 Å². The summed E-state index contributed by atoms with van der Waals surface area (Å²) < 4.78 is 6.23. The van der Waals surface area contributed by atoms with Crippen molar-refractivity contribution in [2.75, 3.05) is 18.2 Å². The number of nitrogens with zero attached hydrogens (tertiary/aromatic N) is 1. The van der Waals surface area contributed by atoms with Gasteiger partial charge in [-0.15, -0.1) is 22.7 Å². The number of hydrogen-bond donors (Lipinski definition) is 2. The molecule has 0 aliphatic rings. The molecule has 0 bridgehead atoms. The van der Waals surface area contributed by atoms with Gasteiger partial charge in [-0.05, 0) is 19.1 Å². The van der Waals surface area contributed by atoms with Gasteiger partial charge in [-0.25, -0.2) is 4.98 Å². The minimum atomic E-state index is -0.245. The lowest BCUT2D eigenvalue weighted by atomic mass is 10.2. The number of aryl methyl sites for hydroxylation is 1. The normalized spacial score (nSPS) is 10.8. The Bertz CT molecular complexity index is 823. The van der Waals surface area contributed by atoms with Crippen molar-refractivity contribution in [1.29, 1.82) is 0 Å². The van der Waals surface area contributed by atoms with E-state index in [4.69, 9.17) is 10.5 Å². The Labute approximate surface area is 129 Å². The summed E-state index contributed by atoms with van der Waals surface area (Å²) in [5, 5.41) is 4.13. The van der Waals surface area contributed by atoms with E-state index in [1.165, 1.54) is 22.7 Å². The van der Waals surface area contributed by atoms with Gasteiger partial charge in [0.15, 0.2) is 5.13 Å². The van der Waals surface area contributed by atoms with Gasteiger partial charge in [0.1, 0.15) is 10.6 Å². The van der Waals surface area contributed by atoms with Crippen LogP contribution in [0.25, 0.3) is 10.1 Å². The fourth-order valence-electron chi connectivity index (χ4n) is 2.05. The molecule has 7 heteroatoms. The largest absolute Gasteiger partial charge is 0.496 e.